The number of aromatic nitrogens is 3. The molecule has 1 aromatic carbocycles. The predicted molar refractivity (Wildman–Crippen MR) is 143 cm³/mol. The first kappa shape index (κ1) is 30.2. The number of carbonyl (C=O) groups is 3. The van der Waals surface area contributed by atoms with E-state index in [1.807, 2.05) is 6.07 Å². The molecule has 3 aromatic rings. The van der Waals surface area contributed by atoms with Gasteiger partial charge in [0.15, 0.2) is 11.1 Å². The average molecular weight is 606 g/mol. The maximum Gasteiger partial charge on any atom is 0.408 e. The van der Waals surface area contributed by atoms with Crippen LogP contribution in [-0.4, -0.2) is 58.1 Å². The minimum atomic E-state index is -3.33. The average Bonchev–Trinajstić information content (AvgIpc) is 3.40. The van der Waals surface area contributed by atoms with Gasteiger partial charge in [-0.05, 0) is 36.5 Å². The van der Waals surface area contributed by atoms with Crippen molar-refractivity contribution in [1.29, 1.82) is 0 Å². The maximum absolute atomic E-state index is 14.3. The van der Waals surface area contributed by atoms with E-state index in [9.17, 15) is 31.9 Å². The zero-order valence-corrected chi connectivity index (χ0v) is 23.3. The summed E-state index contributed by atoms with van der Waals surface area (Å²) in [5, 5.41) is 9.27. The summed E-state index contributed by atoms with van der Waals surface area (Å²) in [7, 11) is 1.02. The lowest BCUT2D eigenvalue weighted by Crippen LogP contribution is -2.59. The van der Waals surface area contributed by atoms with Crippen LogP contribution in [0.25, 0.3) is 5.65 Å². The van der Waals surface area contributed by atoms with Crippen LogP contribution in [0, 0.1) is 11.3 Å². The van der Waals surface area contributed by atoms with Crippen molar-refractivity contribution in [2.24, 2.45) is 11.3 Å². The molecule has 2 aromatic heterocycles. The van der Waals surface area contributed by atoms with Crippen molar-refractivity contribution in [2.75, 3.05) is 13.7 Å². The summed E-state index contributed by atoms with van der Waals surface area (Å²) in [5.41, 5.74) is -0.638. The van der Waals surface area contributed by atoms with E-state index in [0.717, 1.165) is 12.7 Å². The molecule has 2 aliphatic rings. The summed E-state index contributed by atoms with van der Waals surface area (Å²) < 4.78 is 68.0. The number of alkyl carbamates (subject to hydrolysis) is 1. The Hall–Kier alpha value is -4.23. The van der Waals surface area contributed by atoms with E-state index >= 15 is 0 Å². The number of rotatable bonds is 8. The van der Waals surface area contributed by atoms with Gasteiger partial charge in [-0.2, -0.15) is 5.10 Å². The number of alkyl halides is 4. The fourth-order valence-corrected chi connectivity index (χ4v) is 5.75. The predicted octanol–water partition coefficient (Wildman–Crippen LogP) is 4.38. The van der Waals surface area contributed by atoms with Crippen molar-refractivity contribution in [3.05, 3.63) is 65.6 Å². The number of methoxy groups -OCH3 is 1. The van der Waals surface area contributed by atoms with Gasteiger partial charge in [-0.15, -0.1) is 0 Å². The van der Waals surface area contributed by atoms with E-state index in [0.29, 0.717) is 11.3 Å². The minimum absolute atomic E-state index is 0.00673. The Morgan fingerprint density at radius 2 is 1.81 bits per heavy atom. The SMILES string of the molecule is COC(=O)C1(Cc2ccc3nc([C@@H](NC(=O)OCc4ccccc4)C4CCC(F)(F)CC4)cn3n2)CC(F)(F)CNC1=O. The fourth-order valence-electron chi connectivity index (χ4n) is 5.75. The van der Waals surface area contributed by atoms with E-state index in [1.165, 1.54) is 22.8 Å². The number of hydrogen-bond donors (Lipinski definition) is 2. The van der Waals surface area contributed by atoms with Crippen LogP contribution in [0.3, 0.4) is 0 Å². The third-order valence-electron chi connectivity index (χ3n) is 7.99. The molecule has 1 unspecified atom stereocenters. The smallest absolute Gasteiger partial charge is 0.408 e. The standard InChI is InChI=1S/C29H31F4N5O5/c1-42-25(40)27(16-29(32,33)17-34-24(27)39)13-20-7-8-22-35-21(14-38(22)37-20)23(19-9-11-28(30,31)12-10-19)36-26(41)43-15-18-5-3-2-4-6-18/h2-8,14,19,23H,9-13,15-17H2,1H3,(H,34,39)(H,36,41)/t23-,27?/m0/s1. The Labute approximate surface area is 244 Å². The second-order valence-corrected chi connectivity index (χ2v) is 11.1. The molecule has 14 heteroatoms. The van der Waals surface area contributed by atoms with E-state index in [1.54, 1.807) is 24.3 Å². The Morgan fingerprint density at radius 1 is 1.09 bits per heavy atom. The van der Waals surface area contributed by atoms with Crippen LogP contribution in [0.2, 0.25) is 0 Å². The normalized spacial score (nSPS) is 22.4. The lowest BCUT2D eigenvalue weighted by atomic mass is 9.74. The van der Waals surface area contributed by atoms with E-state index in [-0.39, 0.29) is 43.9 Å². The summed E-state index contributed by atoms with van der Waals surface area (Å²) in [5.74, 6) is -8.48. The van der Waals surface area contributed by atoms with E-state index in [2.05, 4.69) is 20.7 Å². The highest BCUT2D eigenvalue weighted by molar-refractivity contribution is 6.03. The molecule has 1 aliphatic heterocycles. The highest BCUT2D eigenvalue weighted by Gasteiger charge is 2.57. The van der Waals surface area contributed by atoms with Gasteiger partial charge in [0.25, 0.3) is 5.92 Å². The molecule has 0 bridgehead atoms. The largest absolute Gasteiger partial charge is 0.468 e. The summed E-state index contributed by atoms with van der Waals surface area (Å²) in [4.78, 5) is 42.7. The molecule has 5 rings (SSSR count). The number of ether oxygens (including phenoxy) is 2. The number of esters is 1. The summed E-state index contributed by atoms with van der Waals surface area (Å²) in [6.45, 7) is -0.885. The Balaban J connectivity index is 1.40. The van der Waals surface area contributed by atoms with E-state index in [4.69, 9.17) is 9.47 Å². The zero-order chi connectivity index (χ0) is 30.8. The number of piperidine rings is 1. The minimum Gasteiger partial charge on any atom is -0.468 e. The molecule has 2 N–H and O–H groups in total. The first-order chi connectivity index (χ1) is 20.4. The number of hydrogen-bond acceptors (Lipinski definition) is 7. The first-order valence-corrected chi connectivity index (χ1v) is 13.8. The third kappa shape index (κ3) is 6.73. The molecule has 0 radical (unpaired) electrons. The summed E-state index contributed by atoms with van der Waals surface area (Å²) >= 11 is 0. The molecule has 2 amide bonds. The number of halogens is 4. The van der Waals surface area contributed by atoms with Crippen LogP contribution in [0.15, 0.2) is 48.7 Å². The number of imidazole rings is 1. The van der Waals surface area contributed by atoms with Crippen molar-refractivity contribution >= 4 is 23.6 Å². The topological polar surface area (TPSA) is 124 Å². The molecular weight excluding hydrogens is 574 g/mol. The van der Waals surface area contributed by atoms with E-state index < -0.39 is 60.7 Å². The zero-order valence-electron chi connectivity index (χ0n) is 23.3. The molecule has 230 valence electrons. The second kappa shape index (κ2) is 11.8. The third-order valence-corrected chi connectivity index (χ3v) is 7.99. The summed E-state index contributed by atoms with van der Waals surface area (Å²) in [6.07, 6.45) is -1.18. The fraction of sp³-hybridized carbons (Fsp3) is 0.483. The van der Waals surface area contributed by atoms with Crippen molar-refractivity contribution < 1.29 is 41.4 Å². The number of nitrogens with one attached hydrogen (secondary N) is 2. The molecule has 43 heavy (non-hydrogen) atoms. The van der Waals surface area contributed by atoms with Gasteiger partial charge < -0.3 is 20.1 Å². The van der Waals surface area contributed by atoms with Crippen LogP contribution in [0.4, 0.5) is 22.4 Å². The van der Waals surface area contributed by atoms with Gasteiger partial charge in [-0.25, -0.2) is 31.9 Å². The van der Waals surface area contributed by atoms with Gasteiger partial charge in [0.05, 0.1) is 37.3 Å². The van der Waals surface area contributed by atoms with Gasteiger partial charge in [-0.1, -0.05) is 30.3 Å². The number of carbonyl (C=O) groups excluding carboxylic acids is 3. The summed E-state index contributed by atoms with van der Waals surface area (Å²) in [6, 6.07) is 11.2. The monoisotopic (exact) mass is 605 g/mol. The van der Waals surface area contributed by atoms with Crippen LogP contribution in [0.5, 0.6) is 0 Å². The molecular formula is C29H31F4N5O5. The molecule has 1 saturated heterocycles. The van der Waals surface area contributed by atoms with Crippen molar-refractivity contribution in [3.63, 3.8) is 0 Å². The lowest BCUT2D eigenvalue weighted by molar-refractivity contribution is -0.172. The molecule has 1 aliphatic carbocycles. The van der Waals surface area contributed by atoms with Crippen molar-refractivity contribution in [1.82, 2.24) is 25.2 Å². The molecule has 3 heterocycles. The molecule has 2 fully saturated rings. The Morgan fingerprint density at radius 3 is 2.51 bits per heavy atom. The number of fused-ring (bicyclic) bond motifs is 1. The number of benzene rings is 1. The molecule has 10 nitrogen and oxygen atoms in total. The Bertz CT molecular complexity index is 1480. The van der Waals surface area contributed by atoms with Crippen molar-refractivity contribution in [3.8, 4) is 0 Å². The van der Waals surface area contributed by atoms with Crippen molar-refractivity contribution in [2.45, 2.75) is 63.0 Å². The maximum atomic E-state index is 14.3. The van der Waals surface area contributed by atoms with Gasteiger partial charge in [0.1, 0.15) is 6.61 Å². The molecule has 0 spiro atoms. The molecule has 1 saturated carbocycles. The quantitative estimate of drug-likeness (QED) is 0.222. The van der Waals surface area contributed by atoms with Gasteiger partial charge in [0.2, 0.25) is 11.8 Å². The lowest BCUT2D eigenvalue weighted by Gasteiger charge is -2.37. The van der Waals surface area contributed by atoms with Crippen LogP contribution in [-0.2, 0) is 32.1 Å². The first-order valence-electron chi connectivity index (χ1n) is 13.8. The van der Waals surface area contributed by atoms with Crippen LogP contribution in [0.1, 0.15) is 55.1 Å². The molecule has 2 atom stereocenters. The number of amides is 2. The van der Waals surface area contributed by atoms with Gasteiger partial charge in [0, 0.05) is 25.7 Å². The van der Waals surface area contributed by atoms with Crippen LogP contribution >= 0.6 is 0 Å². The second-order valence-electron chi connectivity index (χ2n) is 11.1. The highest BCUT2D eigenvalue weighted by Crippen LogP contribution is 2.42. The number of nitrogens with zero attached hydrogens (tertiary/aromatic N) is 3. The highest BCUT2D eigenvalue weighted by atomic mass is 19.3. The van der Waals surface area contributed by atoms with Crippen LogP contribution < -0.4 is 10.6 Å². The van der Waals surface area contributed by atoms with Gasteiger partial charge in [-0.3, -0.25) is 9.59 Å². The van der Waals surface area contributed by atoms with Gasteiger partial charge >= 0.3 is 12.1 Å². The Kier molecular flexibility index (Phi) is 8.30.